The molecule has 0 aromatic heterocycles. The van der Waals surface area contributed by atoms with Crippen molar-refractivity contribution in [3.8, 4) is 5.75 Å². The van der Waals surface area contributed by atoms with Crippen LogP contribution in [0.3, 0.4) is 0 Å². The highest BCUT2D eigenvalue weighted by atomic mass is 32.2. The Morgan fingerprint density at radius 3 is 2.44 bits per heavy atom. The molecule has 0 saturated carbocycles. The van der Waals surface area contributed by atoms with Crippen molar-refractivity contribution < 1.29 is 27.5 Å². The summed E-state index contributed by atoms with van der Waals surface area (Å²) >= 11 is 0. The van der Waals surface area contributed by atoms with Crippen LogP contribution in [0.5, 0.6) is 5.75 Å². The smallest absolute Gasteiger partial charge is 0.308 e. The number of ether oxygens (including phenoxy) is 2. The lowest BCUT2D eigenvalue weighted by Crippen LogP contribution is -2.29. The zero-order valence-corrected chi connectivity index (χ0v) is 19.1. The van der Waals surface area contributed by atoms with Gasteiger partial charge in [-0.25, -0.2) is 13.1 Å². The van der Waals surface area contributed by atoms with E-state index in [9.17, 15) is 18.0 Å². The number of carbonyl (C=O) groups is 2. The molecule has 2 aromatic rings. The van der Waals surface area contributed by atoms with Crippen LogP contribution in [-0.4, -0.2) is 40.6 Å². The van der Waals surface area contributed by atoms with Gasteiger partial charge in [0.05, 0.1) is 31.1 Å². The highest BCUT2D eigenvalue weighted by Gasteiger charge is 2.19. The van der Waals surface area contributed by atoms with E-state index < -0.39 is 27.9 Å². The number of sulfonamides is 1. The number of methoxy groups -OCH3 is 1. The molecule has 0 saturated heterocycles. The van der Waals surface area contributed by atoms with Crippen LogP contribution in [0, 0.1) is 0 Å². The molecule has 2 rings (SSSR count). The number of amides is 1. The number of esters is 1. The number of hydrogen-bond donors (Lipinski definition) is 2. The fraction of sp³-hybridized carbons (Fsp3) is 0.304. The van der Waals surface area contributed by atoms with Crippen LogP contribution in [0.1, 0.15) is 37.4 Å². The van der Waals surface area contributed by atoms with Crippen molar-refractivity contribution in [3.05, 3.63) is 65.7 Å². The first-order chi connectivity index (χ1) is 15.3. The summed E-state index contributed by atoms with van der Waals surface area (Å²) in [6.45, 7) is 3.96. The van der Waals surface area contributed by atoms with Gasteiger partial charge in [0.2, 0.25) is 15.9 Å². The average Bonchev–Trinajstić information content (AvgIpc) is 2.77. The minimum Gasteiger partial charge on any atom is -0.497 e. The molecule has 0 heterocycles. The Morgan fingerprint density at radius 2 is 1.81 bits per heavy atom. The van der Waals surface area contributed by atoms with Gasteiger partial charge in [-0.3, -0.25) is 9.59 Å². The Balaban J connectivity index is 2.13. The third-order valence-electron chi connectivity index (χ3n) is 4.44. The predicted molar refractivity (Wildman–Crippen MR) is 121 cm³/mol. The molecule has 0 radical (unpaired) electrons. The molecule has 0 aliphatic heterocycles. The van der Waals surface area contributed by atoms with E-state index in [0.717, 1.165) is 0 Å². The van der Waals surface area contributed by atoms with E-state index in [1.807, 2.05) is 0 Å². The molecule has 0 aliphatic carbocycles. The van der Waals surface area contributed by atoms with Gasteiger partial charge in [0.15, 0.2) is 0 Å². The summed E-state index contributed by atoms with van der Waals surface area (Å²) in [4.78, 5) is 24.7. The largest absolute Gasteiger partial charge is 0.497 e. The predicted octanol–water partition coefficient (Wildman–Crippen LogP) is 2.82. The van der Waals surface area contributed by atoms with E-state index in [0.29, 0.717) is 23.4 Å². The standard InChI is InChI=1S/C23H28N2O6S/c1-4-24-32(28,29)20-12-9-17(10-13-20)11-14-22(26)25-21(16-23(27)31-5-2)18-7-6-8-19(15-18)30-3/h6-15,21,24H,4-5,16H2,1-3H3,(H,25,26). The van der Waals surface area contributed by atoms with Gasteiger partial charge >= 0.3 is 5.97 Å². The van der Waals surface area contributed by atoms with Crippen LogP contribution < -0.4 is 14.8 Å². The summed E-state index contributed by atoms with van der Waals surface area (Å²) in [5.41, 5.74) is 1.36. The van der Waals surface area contributed by atoms with Gasteiger partial charge in [-0.15, -0.1) is 0 Å². The van der Waals surface area contributed by atoms with E-state index in [4.69, 9.17) is 9.47 Å². The Bertz CT molecular complexity index is 1050. The maximum Gasteiger partial charge on any atom is 0.308 e. The highest BCUT2D eigenvalue weighted by Crippen LogP contribution is 2.22. The first-order valence-electron chi connectivity index (χ1n) is 10.2. The summed E-state index contributed by atoms with van der Waals surface area (Å²) < 4.78 is 36.7. The van der Waals surface area contributed by atoms with E-state index in [1.54, 1.807) is 56.3 Å². The first-order valence-corrected chi connectivity index (χ1v) is 11.6. The van der Waals surface area contributed by atoms with E-state index in [1.165, 1.54) is 25.3 Å². The van der Waals surface area contributed by atoms with Crippen LogP contribution in [0.2, 0.25) is 0 Å². The van der Waals surface area contributed by atoms with Crippen molar-refractivity contribution in [2.24, 2.45) is 0 Å². The topological polar surface area (TPSA) is 111 Å². The lowest BCUT2D eigenvalue weighted by molar-refractivity contribution is -0.143. The van der Waals surface area contributed by atoms with Crippen LogP contribution >= 0.6 is 0 Å². The molecule has 1 amide bonds. The second-order valence-corrected chi connectivity index (χ2v) is 8.52. The highest BCUT2D eigenvalue weighted by molar-refractivity contribution is 7.89. The quantitative estimate of drug-likeness (QED) is 0.394. The number of benzene rings is 2. The molecule has 1 atom stereocenters. The summed E-state index contributed by atoms with van der Waals surface area (Å²) in [6, 6.07) is 12.6. The monoisotopic (exact) mass is 460 g/mol. The molecular weight excluding hydrogens is 432 g/mol. The lowest BCUT2D eigenvalue weighted by Gasteiger charge is -2.18. The van der Waals surface area contributed by atoms with Crippen molar-refractivity contribution >= 4 is 28.0 Å². The van der Waals surface area contributed by atoms with E-state index >= 15 is 0 Å². The van der Waals surface area contributed by atoms with E-state index in [2.05, 4.69) is 10.0 Å². The molecule has 0 spiro atoms. The Labute approximate surface area is 188 Å². The van der Waals surface area contributed by atoms with E-state index in [-0.39, 0.29) is 17.9 Å². The molecule has 0 aliphatic rings. The molecule has 0 bridgehead atoms. The van der Waals surface area contributed by atoms with Crippen LogP contribution in [0.15, 0.2) is 59.5 Å². The summed E-state index contributed by atoms with van der Waals surface area (Å²) in [5, 5.41) is 2.81. The number of carbonyl (C=O) groups excluding carboxylic acids is 2. The fourth-order valence-electron chi connectivity index (χ4n) is 2.92. The Kier molecular flexibility index (Phi) is 9.42. The summed E-state index contributed by atoms with van der Waals surface area (Å²) in [6.07, 6.45) is 2.86. The van der Waals surface area contributed by atoms with Gasteiger partial charge < -0.3 is 14.8 Å². The van der Waals surface area contributed by atoms with Gasteiger partial charge in [0, 0.05) is 12.6 Å². The third-order valence-corrected chi connectivity index (χ3v) is 6.00. The van der Waals surface area contributed by atoms with Gasteiger partial charge in [-0.05, 0) is 48.4 Å². The number of nitrogens with one attached hydrogen (secondary N) is 2. The molecule has 0 fully saturated rings. The molecule has 9 heteroatoms. The van der Waals surface area contributed by atoms with Crippen molar-refractivity contribution in [3.63, 3.8) is 0 Å². The molecule has 32 heavy (non-hydrogen) atoms. The second-order valence-electron chi connectivity index (χ2n) is 6.75. The Hall–Kier alpha value is -3.17. The minimum atomic E-state index is -3.53. The fourth-order valence-corrected chi connectivity index (χ4v) is 3.96. The minimum absolute atomic E-state index is 0.0302. The summed E-state index contributed by atoms with van der Waals surface area (Å²) in [7, 11) is -2.00. The SMILES string of the molecule is CCNS(=O)(=O)c1ccc(C=CC(=O)NC(CC(=O)OCC)c2cccc(OC)c2)cc1. The zero-order chi connectivity index (χ0) is 23.6. The molecular formula is C23H28N2O6S. The van der Waals surface area contributed by atoms with Crippen molar-refractivity contribution in [2.45, 2.75) is 31.2 Å². The Morgan fingerprint density at radius 1 is 1.09 bits per heavy atom. The van der Waals surface area contributed by atoms with Crippen LogP contribution in [0.25, 0.3) is 6.08 Å². The average molecular weight is 461 g/mol. The molecule has 1 unspecified atom stereocenters. The van der Waals surface area contributed by atoms with Crippen molar-refractivity contribution in [1.82, 2.24) is 10.0 Å². The van der Waals surface area contributed by atoms with Crippen LogP contribution in [0.4, 0.5) is 0 Å². The summed E-state index contributed by atoms with van der Waals surface area (Å²) in [5.74, 6) is -0.234. The third kappa shape index (κ3) is 7.51. The van der Waals surface area contributed by atoms with Gasteiger partial charge in [-0.2, -0.15) is 0 Å². The normalized spacial score (nSPS) is 12.3. The maximum atomic E-state index is 12.5. The molecule has 8 nitrogen and oxygen atoms in total. The molecule has 2 aromatic carbocycles. The van der Waals surface area contributed by atoms with Crippen LogP contribution in [-0.2, 0) is 24.3 Å². The van der Waals surface area contributed by atoms with Crippen molar-refractivity contribution in [1.29, 1.82) is 0 Å². The van der Waals surface area contributed by atoms with Gasteiger partial charge in [0.25, 0.3) is 0 Å². The second kappa shape index (κ2) is 12.0. The molecule has 172 valence electrons. The maximum absolute atomic E-state index is 12.5. The lowest BCUT2D eigenvalue weighted by atomic mass is 10.0. The van der Waals surface area contributed by atoms with Gasteiger partial charge in [0.1, 0.15) is 5.75 Å². The number of hydrogen-bond acceptors (Lipinski definition) is 6. The van der Waals surface area contributed by atoms with Crippen molar-refractivity contribution in [2.75, 3.05) is 20.3 Å². The molecule has 2 N–H and O–H groups in total. The van der Waals surface area contributed by atoms with Gasteiger partial charge in [-0.1, -0.05) is 31.2 Å². The zero-order valence-electron chi connectivity index (χ0n) is 18.3. The number of rotatable bonds is 11. The first kappa shape index (κ1) is 25.1.